The molecule has 0 amide bonds. The first-order valence-corrected chi connectivity index (χ1v) is 8.29. The van der Waals surface area contributed by atoms with E-state index in [2.05, 4.69) is 9.97 Å². The topological polar surface area (TPSA) is 56.0 Å². The van der Waals surface area contributed by atoms with E-state index >= 15 is 0 Å². The molecule has 0 atom stereocenters. The SMILES string of the molecule is Cc1cc2oc(=O)cc(CSc3nccc(C(F)(F)F)n3)c2cc1C. The fraction of sp³-hybridized carbons (Fsp3) is 0.235. The van der Waals surface area contributed by atoms with Gasteiger partial charge in [-0.15, -0.1) is 0 Å². The van der Waals surface area contributed by atoms with Gasteiger partial charge in [-0.3, -0.25) is 0 Å². The van der Waals surface area contributed by atoms with Crippen LogP contribution in [0.5, 0.6) is 0 Å². The molecular weight excluding hydrogens is 353 g/mol. The summed E-state index contributed by atoms with van der Waals surface area (Å²) >= 11 is 1.03. The molecule has 130 valence electrons. The summed E-state index contributed by atoms with van der Waals surface area (Å²) < 4.78 is 43.4. The highest BCUT2D eigenvalue weighted by atomic mass is 32.2. The number of aromatic nitrogens is 2. The first-order valence-electron chi connectivity index (χ1n) is 7.31. The first kappa shape index (κ1) is 17.5. The van der Waals surface area contributed by atoms with Gasteiger partial charge in [0.1, 0.15) is 11.3 Å². The zero-order valence-electron chi connectivity index (χ0n) is 13.3. The summed E-state index contributed by atoms with van der Waals surface area (Å²) in [7, 11) is 0. The van der Waals surface area contributed by atoms with Gasteiger partial charge in [-0.1, -0.05) is 11.8 Å². The van der Waals surface area contributed by atoms with E-state index in [1.165, 1.54) is 6.07 Å². The maximum absolute atomic E-state index is 12.7. The lowest BCUT2D eigenvalue weighted by molar-refractivity contribution is -0.141. The van der Waals surface area contributed by atoms with Crippen LogP contribution in [0.1, 0.15) is 22.4 Å². The van der Waals surface area contributed by atoms with Crippen molar-refractivity contribution in [1.82, 2.24) is 9.97 Å². The van der Waals surface area contributed by atoms with Gasteiger partial charge in [-0.05, 0) is 48.7 Å². The van der Waals surface area contributed by atoms with Crippen LogP contribution in [0.15, 0.2) is 44.8 Å². The molecule has 0 saturated heterocycles. The Hall–Kier alpha value is -2.35. The third-order valence-electron chi connectivity index (χ3n) is 3.73. The largest absolute Gasteiger partial charge is 0.433 e. The lowest BCUT2D eigenvalue weighted by Crippen LogP contribution is -2.08. The van der Waals surface area contributed by atoms with E-state index in [0.29, 0.717) is 11.1 Å². The Balaban J connectivity index is 1.94. The molecule has 0 saturated carbocycles. The van der Waals surface area contributed by atoms with E-state index in [1.54, 1.807) is 6.07 Å². The molecule has 3 rings (SSSR count). The number of halogens is 3. The Morgan fingerprint density at radius 1 is 1.16 bits per heavy atom. The minimum atomic E-state index is -4.52. The van der Waals surface area contributed by atoms with Crippen molar-refractivity contribution in [3.63, 3.8) is 0 Å². The van der Waals surface area contributed by atoms with Gasteiger partial charge >= 0.3 is 11.8 Å². The third-order valence-corrected chi connectivity index (χ3v) is 4.64. The van der Waals surface area contributed by atoms with E-state index in [9.17, 15) is 18.0 Å². The van der Waals surface area contributed by atoms with Crippen LogP contribution >= 0.6 is 11.8 Å². The molecule has 0 aliphatic heterocycles. The molecule has 2 aromatic heterocycles. The minimum Gasteiger partial charge on any atom is -0.423 e. The highest BCUT2D eigenvalue weighted by Gasteiger charge is 2.32. The van der Waals surface area contributed by atoms with Crippen molar-refractivity contribution >= 4 is 22.7 Å². The minimum absolute atomic E-state index is 0.0000458. The van der Waals surface area contributed by atoms with Crippen LogP contribution in [0.2, 0.25) is 0 Å². The summed E-state index contributed by atoms with van der Waals surface area (Å²) in [5.41, 5.74) is 1.64. The van der Waals surface area contributed by atoms with E-state index in [4.69, 9.17) is 4.42 Å². The van der Waals surface area contributed by atoms with Crippen LogP contribution in [-0.4, -0.2) is 9.97 Å². The van der Waals surface area contributed by atoms with Gasteiger partial charge < -0.3 is 4.42 Å². The van der Waals surface area contributed by atoms with E-state index in [1.807, 2.05) is 19.9 Å². The predicted molar refractivity (Wildman–Crippen MR) is 88.6 cm³/mol. The number of alkyl halides is 3. The summed E-state index contributed by atoms with van der Waals surface area (Å²) in [6.45, 7) is 3.85. The van der Waals surface area contributed by atoms with Gasteiger partial charge in [0.15, 0.2) is 5.16 Å². The second-order valence-corrected chi connectivity index (χ2v) is 6.48. The van der Waals surface area contributed by atoms with Crippen LogP contribution in [0.4, 0.5) is 13.2 Å². The van der Waals surface area contributed by atoms with Gasteiger partial charge in [0.25, 0.3) is 0 Å². The van der Waals surface area contributed by atoms with Crippen molar-refractivity contribution in [2.45, 2.75) is 30.9 Å². The number of benzene rings is 1. The average molecular weight is 366 g/mol. The molecule has 0 aliphatic carbocycles. The van der Waals surface area contributed by atoms with Crippen LogP contribution in [0, 0.1) is 13.8 Å². The molecule has 0 bridgehead atoms. The Bertz CT molecular complexity index is 999. The second kappa shape index (κ2) is 6.51. The van der Waals surface area contributed by atoms with Crippen LogP contribution < -0.4 is 5.63 Å². The van der Waals surface area contributed by atoms with Gasteiger partial charge in [-0.2, -0.15) is 13.2 Å². The fourth-order valence-electron chi connectivity index (χ4n) is 2.31. The molecule has 0 spiro atoms. The summed E-state index contributed by atoms with van der Waals surface area (Å²) in [6.07, 6.45) is -3.45. The lowest BCUT2D eigenvalue weighted by atomic mass is 10.0. The molecule has 0 radical (unpaired) electrons. The van der Waals surface area contributed by atoms with Crippen molar-refractivity contribution in [1.29, 1.82) is 0 Å². The van der Waals surface area contributed by atoms with E-state index in [-0.39, 0.29) is 10.9 Å². The quantitative estimate of drug-likeness (QED) is 0.388. The molecule has 2 heterocycles. The Labute approximate surface area is 145 Å². The molecule has 1 aromatic carbocycles. The molecule has 25 heavy (non-hydrogen) atoms. The number of rotatable bonds is 3. The standard InChI is InChI=1S/C17H13F3N2O2S/c1-9-5-12-11(7-15(23)24-13(12)6-10(9)2)8-25-16-21-4-3-14(22-16)17(18,19)20/h3-7H,8H2,1-2H3. The number of nitrogens with zero attached hydrogens (tertiary/aromatic N) is 2. The molecule has 0 unspecified atom stereocenters. The van der Waals surface area contributed by atoms with E-state index in [0.717, 1.165) is 40.5 Å². The number of hydrogen-bond donors (Lipinski definition) is 0. The molecule has 0 fully saturated rings. The lowest BCUT2D eigenvalue weighted by Gasteiger charge is -2.09. The van der Waals surface area contributed by atoms with Crippen molar-refractivity contribution < 1.29 is 17.6 Å². The highest BCUT2D eigenvalue weighted by molar-refractivity contribution is 7.98. The molecule has 8 heteroatoms. The van der Waals surface area contributed by atoms with Crippen molar-refractivity contribution in [3.8, 4) is 0 Å². The monoisotopic (exact) mass is 366 g/mol. The summed E-state index contributed by atoms with van der Waals surface area (Å²) in [5, 5.41) is 0.752. The summed E-state index contributed by atoms with van der Waals surface area (Å²) in [5.74, 6) is 0.256. The van der Waals surface area contributed by atoms with Crippen LogP contribution in [-0.2, 0) is 11.9 Å². The average Bonchev–Trinajstić information content (AvgIpc) is 2.54. The van der Waals surface area contributed by atoms with Gasteiger partial charge in [0, 0.05) is 23.4 Å². The fourth-order valence-corrected chi connectivity index (χ4v) is 3.13. The Morgan fingerprint density at radius 3 is 2.60 bits per heavy atom. The normalized spacial score (nSPS) is 11.9. The molecular formula is C17H13F3N2O2S. The molecule has 4 nitrogen and oxygen atoms in total. The smallest absolute Gasteiger partial charge is 0.423 e. The molecule has 0 aliphatic rings. The number of thioether (sulfide) groups is 1. The first-order chi connectivity index (χ1) is 11.7. The maximum atomic E-state index is 12.7. The van der Waals surface area contributed by atoms with Crippen LogP contribution in [0.3, 0.4) is 0 Å². The summed E-state index contributed by atoms with van der Waals surface area (Å²) in [6, 6.07) is 5.85. The Kier molecular flexibility index (Phi) is 4.55. The zero-order valence-corrected chi connectivity index (χ0v) is 14.2. The maximum Gasteiger partial charge on any atom is 0.433 e. The van der Waals surface area contributed by atoms with Gasteiger partial charge in [0.05, 0.1) is 0 Å². The molecule has 3 aromatic rings. The van der Waals surface area contributed by atoms with Crippen LogP contribution in [0.25, 0.3) is 11.0 Å². The second-order valence-electron chi connectivity index (χ2n) is 5.53. The third kappa shape index (κ3) is 3.84. The number of hydrogen-bond acceptors (Lipinski definition) is 5. The number of fused-ring (bicyclic) bond motifs is 1. The Morgan fingerprint density at radius 2 is 1.88 bits per heavy atom. The predicted octanol–water partition coefficient (Wildman–Crippen LogP) is 4.51. The zero-order chi connectivity index (χ0) is 18.2. The van der Waals surface area contributed by atoms with Crippen molar-refractivity contribution in [2.24, 2.45) is 0 Å². The van der Waals surface area contributed by atoms with Gasteiger partial charge in [0.2, 0.25) is 0 Å². The summed E-state index contributed by atoms with van der Waals surface area (Å²) in [4.78, 5) is 19.1. The van der Waals surface area contributed by atoms with Crippen molar-refractivity contribution in [3.05, 3.63) is 63.3 Å². The highest BCUT2D eigenvalue weighted by Crippen LogP contribution is 2.30. The van der Waals surface area contributed by atoms with E-state index < -0.39 is 17.5 Å². The van der Waals surface area contributed by atoms with Gasteiger partial charge in [-0.25, -0.2) is 14.8 Å². The number of aryl methyl sites for hydroxylation is 2. The molecule has 0 N–H and O–H groups in total. The van der Waals surface area contributed by atoms with Crippen molar-refractivity contribution in [2.75, 3.05) is 0 Å².